The Hall–Kier alpha value is -2.89. The lowest BCUT2D eigenvalue weighted by Crippen LogP contribution is -1.90. The molecule has 6 nitrogen and oxygen atoms in total. The summed E-state index contributed by atoms with van der Waals surface area (Å²) in [4.78, 5) is 8.37. The first kappa shape index (κ1) is 12.2. The van der Waals surface area contributed by atoms with E-state index in [2.05, 4.69) is 15.1 Å². The molecular weight excluding hydrogens is 258 g/mol. The summed E-state index contributed by atoms with van der Waals surface area (Å²) in [7, 11) is 1.53. The van der Waals surface area contributed by atoms with Gasteiger partial charge < -0.3 is 14.4 Å². The number of aromatic hydroxyl groups is 1. The Morgan fingerprint density at radius 2 is 2.10 bits per heavy atom. The fourth-order valence-electron chi connectivity index (χ4n) is 1.81. The standard InChI is InChI=1S/C14H11N3O3/c1-19-13-11(6-3-7-15-13)14-16-12(17-20-14)9-4-2-5-10(18)8-9/h2-8,18H,1H3. The minimum Gasteiger partial charge on any atom is -0.508 e. The molecule has 0 unspecified atom stereocenters. The molecule has 0 spiro atoms. The summed E-state index contributed by atoms with van der Waals surface area (Å²) in [6.45, 7) is 0. The summed E-state index contributed by atoms with van der Waals surface area (Å²) >= 11 is 0. The third kappa shape index (κ3) is 2.18. The van der Waals surface area contributed by atoms with Crippen molar-refractivity contribution in [2.75, 3.05) is 7.11 Å². The first-order valence-electron chi connectivity index (χ1n) is 5.90. The van der Waals surface area contributed by atoms with Crippen molar-refractivity contribution < 1.29 is 14.4 Å². The fourth-order valence-corrected chi connectivity index (χ4v) is 1.81. The molecule has 20 heavy (non-hydrogen) atoms. The largest absolute Gasteiger partial charge is 0.508 e. The van der Waals surface area contributed by atoms with Crippen molar-refractivity contribution >= 4 is 0 Å². The van der Waals surface area contributed by atoms with Gasteiger partial charge in [0.1, 0.15) is 11.3 Å². The van der Waals surface area contributed by atoms with E-state index in [9.17, 15) is 5.11 Å². The van der Waals surface area contributed by atoms with Crippen molar-refractivity contribution in [3.63, 3.8) is 0 Å². The van der Waals surface area contributed by atoms with Gasteiger partial charge in [-0.25, -0.2) is 4.98 Å². The van der Waals surface area contributed by atoms with Gasteiger partial charge in [0.2, 0.25) is 11.7 Å². The first-order valence-corrected chi connectivity index (χ1v) is 5.90. The molecule has 0 aliphatic carbocycles. The lowest BCUT2D eigenvalue weighted by molar-refractivity contribution is 0.392. The second-order valence-corrected chi connectivity index (χ2v) is 4.03. The third-order valence-corrected chi connectivity index (χ3v) is 2.73. The van der Waals surface area contributed by atoms with Gasteiger partial charge in [-0.2, -0.15) is 4.98 Å². The number of phenols is 1. The minimum absolute atomic E-state index is 0.146. The highest BCUT2D eigenvalue weighted by Crippen LogP contribution is 2.28. The normalized spacial score (nSPS) is 10.4. The molecule has 0 atom stereocenters. The molecule has 6 heteroatoms. The van der Waals surface area contributed by atoms with E-state index < -0.39 is 0 Å². The maximum atomic E-state index is 9.46. The van der Waals surface area contributed by atoms with Crippen LogP contribution in [0.4, 0.5) is 0 Å². The van der Waals surface area contributed by atoms with Gasteiger partial charge in [-0.3, -0.25) is 0 Å². The molecule has 100 valence electrons. The number of nitrogens with zero attached hydrogens (tertiary/aromatic N) is 3. The lowest BCUT2D eigenvalue weighted by Gasteiger charge is -2.01. The molecule has 0 aliphatic rings. The Bertz CT molecular complexity index is 740. The van der Waals surface area contributed by atoms with Crippen molar-refractivity contribution in [3.05, 3.63) is 42.6 Å². The van der Waals surface area contributed by atoms with Crippen LogP contribution in [0.3, 0.4) is 0 Å². The van der Waals surface area contributed by atoms with Crippen molar-refractivity contribution in [3.8, 4) is 34.5 Å². The van der Waals surface area contributed by atoms with Gasteiger partial charge in [0.15, 0.2) is 0 Å². The van der Waals surface area contributed by atoms with Gasteiger partial charge in [-0.15, -0.1) is 0 Å². The van der Waals surface area contributed by atoms with Crippen LogP contribution in [0.1, 0.15) is 0 Å². The second kappa shape index (κ2) is 5.00. The molecule has 3 aromatic rings. The highest BCUT2D eigenvalue weighted by molar-refractivity contribution is 5.63. The van der Waals surface area contributed by atoms with Crippen LogP contribution in [0, 0.1) is 0 Å². The van der Waals surface area contributed by atoms with E-state index in [1.807, 2.05) is 0 Å². The van der Waals surface area contributed by atoms with Crippen LogP contribution in [0.5, 0.6) is 11.6 Å². The Morgan fingerprint density at radius 1 is 1.20 bits per heavy atom. The van der Waals surface area contributed by atoms with E-state index in [0.717, 1.165) is 0 Å². The summed E-state index contributed by atoms with van der Waals surface area (Å²) in [6.07, 6.45) is 1.62. The molecule has 0 amide bonds. The SMILES string of the molecule is COc1ncccc1-c1nc(-c2cccc(O)c2)no1. The lowest BCUT2D eigenvalue weighted by atomic mass is 10.2. The Kier molecular flexibility index (Phi) is 3.04. The number of benzene rings is 1. The van der Waals surface area contributed by atoms with Crippen molar-refractivity contribution in [1.29, 1.82) is 0 Å². The molecule has 3 rings (SSSR count). The number of phenolic OH excluding ortho intramolecular Hbond substituents is 1. The average Bonchev–Trinajstić information content (AvgIpc) is 2.97. The second-order valence-electron chi connectivity index (χ2n) is 4.03. The van der Waals surface area contributed by atoms with Crippen molar-refractivity contribution in [2.45, 2.75) is 0 Å². The highest BCUT2D eigenvalue weighted by Gasteiger charge is 2.15. The summed E-state index contributed by atoms with van der Waals surface area (Å²) in [5.41, 5.74) is 1.29. The Balaban J connectivity index is 2.02. The van der Waals surface area contributed by atoms with E-state index in [-0.39, 0.29) is 5.75 Å². The number of methoxy groups -OCH3 is 1. The van der Waals surface area contributed by atoms with Crippen molar-refractivity contribution in [2.24, 2.45) is 0 Å². The van der Waals surface area contributed by atoms with Crippen molar-refractivity contribution in [1.82, 2.24) is 15.1 Å². The summed E-state index contributed by atoms with van der Waals surface area (Å²) in [6, 6.07) is 10.2. The maximum absolute atomic E-state index is 9.46. The van der Waals surface area contributed by atoms with E-state index in [4.69, 9.17) is 9.26 Å². The number of hydrogen-bond acceptors (Lipinski definition) is 6. The van der Waals surface area contributed by atoms with E-state index in [0.29, 0.717) is 28.7 Å². The van der Waals surface area contributed by atoms with Gasteiger partial charge in [0, 0.05) is 11.8 Å². The predicted octanol–water partition coefficient (Wildman–Crippen LogP) is 2.51. The van der Waals surface area contributed by atoms with Gasteiger partial charge in [-0.1, -0.05) is 17.3 Å². The van der Waals surface area contributed by atoms with Crippen LogP contribution >= 0.6 is 0 Å². The van der Waals surface area contributed by atoms with E-state index in [1.165, 1.54) is 7.11 Å². The van der Waals surface area contributed by atoms with Crippen LogP contribution in [-0.4, -0.2) is 27.3 Å². The van der Waals surface area contributed by atoms with Gasteiger partial charge >= 0.3 is 0 Å². The number of pyridine rings is 1. The molecule has 0 bridgehead atoms. The Morgan fingerprint density at radius 3 is 2.90 bits per heavy atom. The third-order valence-electron chi connectivity index (χ3n) is 2.73. The molecule has 1 aromatic carbocycles. The molecule has 1 N–H and O–H groups in total. The number of rotatable bonds is 3. The van der Waals surface area contributed by atoms with Crippen LogP contribution in [0.25, 0.3) is 22.8 Å². The topological polar surface area (TPSA) is 81.3 Å². The summed E-state index contributed by atoms with van der Waals surface area (Å²) in [5.74, 6) is 1.27. The number of aromatic nitrogens is 3. The molecule has 0 radical (unpaired) electrons. The van der Waals surface area contributed by atoms with Gasteiger partial charge in [-0.05, 0) is 24.3 Å². The number of hydrogen-bond donors (Lipinski definition) is 1. The fraction of sp³-hybridized carbons (Fsp3) is 0.0714. The maximum Gasteiger partial charge on any atom is 0.263 e. The zero-order valence-electron chi connectivity index (χ0n) is 10.6. The molecule has 0 saturated heterocycles. The molecule has 0 saturated carbocycles. The van der Waals surface area contributed by atoms with E-state index >= 15 is 0 Å². The van der Waals surface area contributed by atoms with Crippen LogP contribution in [-0.2, 0) is 0 Å². The smallest absolute Gasteiger partial charge is 0.263 e. The quantitative estimate of drug-likeness (QED) is 0.786. The average molecular weight is 269 g/mol. The molecule has 0 fully saturated rings. The molecule has 2 heterocycles. The van der Waals surface area contributed by atoms with Gasteiger partial charge in [0.05, 0.1) is 7.11 Å². The Labute approximate surface area is 114 Å². The van der Waals surface area contributed by atoms with Crippen LogP contribution in [0.15, 0.2) is 47.1 Å². The first-order chi connectivity index (χ1) is 9.78. The summed E-state index contributed by atoms with van der Waals surface area (Å²) < 4.78 is 10.4. The minimum atomic E-state index is 0.146. The van der Waals surface area contributed by atoms with Crippen LogP contribution < -0.4 is 4.74 Å². The predicted molar refractivity (Wildman–Crippen MR) is 71.2 cm³/mol. The zero-order valence-corrected chi connectivity index (χ0v) is 10.6. The van der Waals surface area contributed by atoms with Crippen LogP contribution in [0.2, 0.25) is 0 Å². The molecular formula is C14H11N3O3. The number of ether oxygens (including phenoxy) is 1. The highest BCUT2D eigenvalue weighted by atomic mass is 16.5. The molecule has 0 aliphatic heterocycles. The zero-order chi connectivity index (χ0) is 13.9. The van der Waals surface area contributed by atoms with E-state index in [1.54, 1.807) is 42.6 Å². The summed E-state index contributed by atoms with van der Waals surface area (Å²) in [5, 5.41) is 13.4. The van der Waals surface area contributed by atoms with Gasteiger partial charge in [0.25, 0.3) is 5.89 Å². The molecule has 2 aromatic heterocycles. The monoisotopic (exact) mass is 269 g/mol.